The van der Waals surface area contributed by atoms with Crippen LogP contribution in [0.1, 0.15) is 26.3 Å². The number of carbonyl (C=O) groups excluding carboxylic acids is 1. The number of aromatic nitrogens is 4. The highest BCUT2D eigenvalue weighted by Gasteiger charge is 2.21. The monoisotopic (exact) mass is 578 g/mol. The van der Waals surface area contributed by atoms with Crippen LogP contribution in [0.25, 0.3) is 22.0 Å². The molecular weight excluding hydrogens is 559 g/mol. The van der Waals surface area contributed by atoms with Gasteiger partial charge in [-0.25, -0.2) is 9.89 Å². The van der Waals surface area contributed by atoms with E-state index in [0.717, 1.165) is 11.8 Å². The highest BCUT2D eigenvalue weighted by Crippen LogP contribution is 2.34. The molecule has 0 spiro atoms. The number of nitrogens with zero attached hydrogens (tertiary/aromatic N) is 3. The van der Waals surface area contributed by atoms with E-state index in [-0.39, 0.29) is 28.0 Å². The van der Waals surface area contributed by atoms with Gasteiger partial charge in [0.2, 0.25) is 0 Å². The van der Waals surface area contributed by atoms with Crippen LogP contribution in [-0.4, -0.2) is 51.2 Å². The van der Waals surface area contributed by atoms with E-state index in [1.807, 2.05) is 6.07 Å². The molecule has 2 N–H and O–H groups in total. The number of carboxylic acid groups (broad SMARTS) is 1. The third-order valence-corrected chi connectivity index (χ3v) is 6.18. The Bertz CT molecular complexity index is 1790. The smallest absolute Gasteiger partial charge is 0.338 e. The number of aromatic carboxylic acids is 1. The molecule has 5 rings (SSSR count). The average molecular weight is 579 g/mol. The number of carbonyl (C=O) groups is 2. The van der Waals surface area contributed by atoms with Crippen LogP contribution in [-0.2, 0) is 0 Å². The Morgan fingerprint density at radius 2 is 1.45 bits per heavy atom. The number of ether oxygens (including phenoxy) is 2. The molecule has 0 saturated carbocycles. The minimum atomic E-state index is -1.21. The standard InChI is InChI=1S/C14H10ClN3O2.C14H10ClNO4/c1-20-12-6-8(15)2-3-10(12)13-9-4-5-16-7-11(9)14(19)18-17-13;1-20-12-6-8(15)2-3-10(12)13(17)9-4-5-16-7-11(9)14(18)19/h2*2-7H,1H3,(H,18,19). The number of rotatable bonds is 6. The van der Waals surface area contributed by atoms with Crippen molar-refractivity contribution in [2.75, 3.05) is 14.2 Å². The van der Waals surface area contributed by atoms with E-state index in [9.17, 15) is 14.4 Å². The third kappa shape index (κ3) is 5.93. The number of pyridine rings is 2. The molecule has 202 valence electrons. The van der Waals surface area contributed by atoms with E-state index in [1.54, 1.807) is 37.6 Å². The van der Waals surface area contributed by atoms with Crippen LogP contribution in [0.4, 0.5) is 0 Å². The van der Waals surface area contributed by atoms with Crippen molar-refractivity contribution in [2.24, 2.45) is 0 Å². The van der Waals surface area contributed by atoms with E-state index in [1.165, 1.54) is 37.7 Å². The highest BCUT2D eigenvalue weighted by molar-refractivity contribution is 6.31. The van der Waals surface area contributed by atoms with Gasteiger partial charge in [-0.15, -0.1) is 0 Å². The molecular formula is C28H20Cl2N4O6. The summed E-state index contributed by atoms with van der Waals surface area (Å²) in [5.41, 5.74) is 1.23. The first-order valence-electron chi connectivity index (χ1n) is 11.5. The van der Waals surface area contributed by atoms with Crippen molar-refractivity contribution in [3.05, 3.63) is 110 Å². The van der Waals surface area contributed by atoms with Crippen molar-refractivity contribution in [2.45, 2.75) is 0 Å². The number of benzene rings is 2. The summed E-state index contributed by atoms with van der Waals surface area (Å²) in [5.74, 6) is -0.793. The van der Waals surface area contributed by atoms with E-state index in [0.29, 0.717) is 32.3 Å². The SMILES string of the molecule is COc1cc(Cl)ccc1-c1n[nH]c(=O)c2cnccc12.COc1cc(Cl)ccc1C(=O)c1ccncc1C(=O)O. The van der Waals surface area contributed by atoms with Gasteiger partial charge in [0.25, 0.3) is 5.56 Å². The number of halogens is 2. The predicted molar refractivity (Wildman–Crippen MR) is 150 cm³/mol. The van der Waals surface area contributed by atoms with Crippen LogP contribution in [0, 0.1) is 0 Å². The number of hydrogen-bond donors (Lipinski definition) is 2. The normalized spacial score (nSPS) is 10.4. The van der Waals surface area contributed by atoms with Gasteiger partial charge in [-0.1, -0.05) is 23.2 Å². The molecule has 5 aromatic rings. The predicted octanol–water partition coefficient (Wildman–Crippen LogP) is 5.32. The summed E-state index contributed by atoms with van der Waals surface area (Å²) in [5, 5.41) is 17.9. The number of ketones is 1. The van der Waals surface area contributed by atoms with Crippen molar-refractivity contribution >= 4 is 45.7 Å². The van der Waals surface area contributed by atoms with Crippen LogP contribution in [0.2, 0.25) is 10.0 Å². The van der Waals surface area contributed by atoms with Crippen molar-refractivity contribution in [1.29, 1.82) is 0 Å². The minimum absolute atomic E-state index is 0.0492. The lowest BCUT2D eigenvalue weighted by molar-refractivity contribution is 0.0692. The number of hydrogen-bond acceptors (Lipinski definition) is 8. The maximum absolute atomic E-state index is 12.4. The summed E-state index contributed by atoms with van der Waals surface area (Å²) in [4.78, 5) is 43.0. The second-order valence-electron chi connectivity index (χ2n) is 8.07. The fourth-order valence-corrected chi connectivity index (χ4v) is 4.16. The second kappa shape index (κ2) is 12.4. The number of fused-ring (bicyclic) bond motifs is 1. The van der Waals surface area contributed by atoms with E-state index < -0.39 is 11.8 Å². The Hall–Kier alpha value is -4.80. The van der Waals surface area contributed by atoms with Gasteiger partial charge in [-0.2, -0.15) is 5.10 Å². The van der Waals surface area contributed by atoms with Crippen molar-refractivity contribution in [3.8, 4) is 22.8 Å². The molecule has 0 aliphatic carbocycles. The van der Waals surface area contributed by atoms with Gasteiger partial charge in [0, 0.05) is 51.3 Å². The Balaban J connectivity index is 0.000000185. The Morgan fingerprint density at radius 1 is 0.800 bits per heavy atom. The Labute approximate surface area is 237 Å². The minimum Gasteiger partial charge on any atom is -0.496 e. The molecule has 12 heteroatoms. The van der Waals surface area contributed by atoms with Crippen molar-refractivity contribution in [3.63, 3.8) is 0 Å². The lowest BCUT2D eigenvalue weighted by Gasteiger charge is -2.09. The zero-order valence-electron chi connectivity index (χ0n) is 21.0. The summed E-state index contributed by atoms with van der Waals surface area (Å²) in [7, 11) is 2.97. The summed E-state index contributed by atoms with van der Waals surface area (Å²) in [6, 6.07) is 12.9. The molecule has 0 atom stereocenters. The molecule has 0 saturated heterocycles. The lowest BCUT2D eigenvalue weighted by atomic mass is 9.99. The quantitative estimate of drug-likeness (QED) is 0.255. The van der Waals surface area contributed by atoms with Gasteiger partial charge >= 0.3 is 5.97 Å². The second-order valence-corrected chi connectivity index (χ2v) is 8.94. The van der Waals surface area contributed by atoms with Crippen LogP contribution in [0.3, 0.4) is 0 Å². The van der Waals surface area contributed by atoms with Crippen LogP contribution < -0.4 is 15.0 Å². The summed E-state index contributed by atoms with van der Waals surface area (Å²) >= 11 is 11.8. The van der Waals surface area contributed by atoms with Gasteiger partial charge < -0.3 is 14.6 Å². The summed E-state index contributed by atoms with van der Waals surface area (Å²) in [6.45, 7) is 0. The summed E-state index contributed by atoms with van der Waals surface area (Å²) < 4.78 is 10.4. The Kier molecular flexibility index (Phi) is 8.73. The van der Waals surface area contributed by atoms with Crippen molar-refractivity contribution in [1.82, 2.24) is 20.2 Å². The zero-order chi connectivity index (χ0) is 28.8. The fraction of sp³-hybridized carbons (Fsp3) is 0.0714. The van der Waals surface area contributed by atoms with Crippen LogP contribution >= 0.6 is 23.2 Å². The number of nitrogens with one attached hydrogen (secondary N) is 1. The molecule has 3 heterocycles. The topological polar surface area (TPSA) is 144 Å². The summed E-state index contributed by atoms with van der Waals surface area (Å²) in [6.07, 6.45) is 5.64. The van der Waals surface area contributed by atoms with Crippen LogP contribution in [0.5, 0.6) is 11.5 Å². The first-order chi connectivity index (χ1) is 19.2. The third-order valence-electron chi connectivity index (χ3n) is 5.71. The molecule has 0 fully saturated rings. The molecule has 0 aliphatic rings. The maximum atomic E-state index is 12.4. The van der Waals surface area contributed by atoms with Crippen molar-refractivity contribution < 1.29 is 24.2 Å². The zero-order valence-corrected chi connectivity index (χ0v) is 22.5. The van der Waals surface area contributed by atoms with Crippen LogP contribution in [0.15, 0.2) is 78.1 Å². The highest BCUT2D eigenvalue weighted by atomic mass is 35.5. The van der Waals surface area contributed by atoms with Gasteiger partial charge in [0.15, 0.2) is 5.78 Å². The van der Waals surface area contributed by atoms with Gasteiger partial charge in [-0.3, -0.25) is 19.6 Å². The molecule has 0 bridgehead atoms. The van der Waals surface area contributed by atoms with E-state index in [4.69, 9.17) is 37.8 Å². The molecule has 0 radical (unpaired) electrons. The van der Waals surface area contributed by atoms with Gasteiger partial charge in [0.1, 0.15) is 17.2 Å². The lowest BCUT2D eigenvalue weighted by Crippen LogP contribution is -2.11. The number of methoxy groups -OCH3 is 2. The molecule has 10 nitrogen and oxygen atoms in total. The molecule has 3 aromatic heterocycles. The molecule has 0 unspecified atom stereocenters. The first-order valence-corrected chi connectivity index (χ1v) is 12.2. The first kappa shape index (κ1) is 28.2. The molecule has 2 aromatic carbocycles. The van der Waals surface area contributed by atoms with E-state index in [2.05, 4.69) is 20.2 Å². The van der Waals surface area contributed by atoms with Gasteiger partial charge in [0.05, 0.1) is 30.7 Å². The van der Waals surface area contributed by atoms with E-state index >= 15 is 0 Å². The molecule has 0 aliphatic heterocycles. The molecule has 40 heavy (non-hydrogen) atoms. The number of aromatic amines is 1. The maximum Gasteiger partial charge on any atom is 0.338 e. The average Bonchev–Trinajstić information content (AvgIpc) is 2.97. The Morgan fingerprint density at radius 3 is 2.15 bits per heavy atom. The number of carboxylic acids is 1. The fourth-order valence-electron chi connectivity index (χ4n) is 3.84. The molecule has 0 amide bonds. The largest absolute Gasteiger partial charge is 0.496 e. The van der Waals surface area contributed by atoms with Gasteiger partial charge in [-0.05, 0) is 48.5 Å². The number of H-pyrrole nitrogens is 1.